The number of benzene rings is 1. The van der Waals surface area contributed by atoms with Gasteiger partial charge in [-0.3, -0.25) is 9.69 Å². The highest BCUT2D eigenvalue weighted by Gasteiger charge is 2.29. The van der Waals surface area contributed by atoms with Crippen LogP contribution in [-0.2, 0) is 21.4 Å². The molecular formula is C18H23N3O4S2. The van der Waals surface area contributed by atoms with Crippen LogP contribution >= 0.6 is 11.3 Å². The highest BCUT2D eigenvalue weighted by Crippen LogP contribution is 2.22. The minimum atomic E-state index is -3.41. The van der Waals surface area contributed by atoms with Crippen molar-refractivity contribution in [1.82, 2.24) is 14.5 Å². The van der Waals surface area contributed by atoms with Gasteiger partial charge in [-0.1, -0.05) is 18.2 Å². The lowest BCUT2D eigenvalue weighted by molar-refractivity contribution is -0.122. The van der Waals surface area contributed by atoms with Crippen LogP contribution in [0.15, 0.2) is 46.0 Å². The minimum absolute atomic E-state index is 0.0765. The first kappa shape index (κ1) is 19.8. The molecule has 1 N–H and O–H groups in total. The summed E-state index contributed by atoms with van der Waals surface area (Å²) in [6.07, 6.45) is 0. The minimum Gasteiger partial charge on any atom is -0.497 e. The topological polar surface area (TPSA) is 79.0 Å². The van der Waals surface area contributed by atoms with Crippen LogP contribution in [0.5, 0.6) is 5.75 Å². The molecular weight excluding hydrogens is 386 g/mol. The summed E-state index contributed by atoms with van der Waals surface area (Å²) in [4.78, 5) is 14.2. The number of hydrogen-bond donors (Lipinski definition) is 1. The number of carbonyl (C=O) groups excluding carboxylic acids is 1. The van der Waals surface area contributed by atoms with Crippen molar-refractivity contribution >= 4 is 27.3 Å². The number of carbonyl (C=O) groups is 1. The lowest BCUT2D eigenvalue weighted by Gasteiger charge is -2.33. The molecule has 0 aliphatic carbocycles. The molecule has 146 valence electrons. The van der Waals surface area contributed by atoms with Crippen molar-refractivity contribution in [3.05, 3.63) is 47.3 Å². The van der Waals surface area contributed by atoms with E-state index < -0.39 is 10.0 Å². The molecule has 0 saturated carbocycles. The highest BCUT2D eigenvalue weighted by molar-refractivity contribution is 7.91. The average molecular weight is 410 g/mol. The Balaban J connectivity index is 1.45. The van der Waals surface area contributed by atoms with Gasteiger partial charge in [-0.05, 0) is 29.1 Å². The summed E-state index contributed by atoms with van der Waals surface area (Å²) in [7, 11) is -1.80. The van der Waals surface area contributed by atoms with Crippen LogP contribution < -0.4 is 10.1 Å². The van der Waals surface area contributed by atoms with Gasteiger partial charge in [0.05, 0.1) is 13.7 Å². The zero-order chi connectivity index (χ0) is 19.3. The number of rotatable bonds is 7. The summed E-state index contributed by atoms with van der Waals surface area (Å²) in [5.74, 6) is 0.678. The van der Waals surface area contributed by atoms with Gasteiger partial charge in [-0.2, -0.15) is 4.31 Å². The lowest BCUT2D eigenvalue weighted by Crippen LogP contribution is -2.50. The van der Waals surface area contributed by atoms with Crippen LogP contribution in [0.4, 0.5) is 0 Å². The van der Waals surface area contributed by atoms with Crippen LogP contribution in [-0.4, -0.2) is 63.4 Å². The normalized spacial score (nSPS) is 16.2. The van der Waals surface area contributed by atoms with Gasteiger partial charge in [0.15, 0.2) is 0 Å². The van der Waals surface area contributed by atoms with E-state index in [-0.39, 0.29) is 12.5 Å². The van der Waals surface area contributed by atoms with Crippen molar-refractivity contribution in [2.75, 3.05) is 39.8 Å². The smallest absolute Gasteiger partial charge is 0.252 e. The van der Waals surface area contributed by atoms with Crippen molar-refractivity contribution in [3.63, 3.8) is 0 Å². The van der Waals surface area contributed by atoms with Crippen LogP contribution in [0.1, 0.15) is 5.56 Å². The number of nitrogens with one attached hydrogen (secondary N) is 1. The number of thiophene rings is 1. The van der Waals surface area contributed by atoms with E-state index in [0.29, 0.717) is 36.9 Å². The molecule has 1 aromatic carbocycles. The highest BCUT2D eigenvalue weighted by atomic mass is 32.2. The number of amides is 1. The third kappa shape index (κ3) is 5.07. The third-order valence-corrected chi connectivity index (χ3v) is 7.68. The molecule has 27 heavy (non-hydrogen) atoms. The second kappa shape index (κ2) is 8.83. The van der Waals surface area contributed by atoms with Gasteiger partial charge in [0.1, 0.15) is 9.96 Å². The van der Waals surface area contributed by atoms with E-state index in [0.717, 1.165) is 11.3 Å². The Kier molecular flexibility index (Phi) is 6.48. The number of ether oxygens (including phenoxy) is 1. The van der Waals surface area contributed by atoms with Gasteiger partial charge in [0.2, 0.25) is 5.91 Å². The van der Waals surface area contributed by atoms with E-state index in [4.69, 9.17) is 4.74 Å². The number of nitrogens with zero attached hydrogens (tertiary/aromatic N) is 2. The Bertz CT molecular complexity index is 860. The molecule has 0 bridgehead atoms. The first-order chi connectivity index (χ1) is 13.0. The molecule has 3 rings (SSSR count). The molecule has 1 fully saturated rings. The molecule has 0 unspecified atom stereocenters. The Labute approximate surface area is 163 Å². The van der Waals surface area contributed by atoms with Gasteiger partial charge in [-0.25, -0.2) is 8.42 Å². The maximum Gasteiger partial charge on any atom is 0.252 e. The Morgan fingerprint density at radius 3 is 2.63 bits per heavy atom. The van der Waals surface area contributed by atoms with Crippen molar-refractivity contribution in [1.29, 1.82) is 0 Å². The van der Waals surface area contributed by atoms with Crippen LogP contribution in [0.3, 0.4) is 0 Å². The van der Waals surface area contributed by atoms with Gasteiger partial charge in [-0.15, -0.1) is 11.3 Å². The number of methoxy groups -OCH3 is 1. The second-order valence-corrected chi connectivity index (χ2v) is 9.35. The van der Waals surface area contributed by atoms with Crippen LogP contribution in [0, 0.1) is 0 Å². The fraction of sp³-hybridized carbons (Fsp3) is 0.389. The molecule has 1 aliphatic rings. The quantitative estimate of drug-likeness (QED) is 0.747. The predicted molar refractivity (Wildman–Crippen MR) is 104 cm³/mol. The van der Waals surface area contributed by atoms with Gasteiger partial charge in [0.25, 0.3) is 10.0 Å². The van der Waals surface area contributed by atoms with Crippen LogP contribution in [0.25, 0.3) is 0 Å². The summed E-state index contributed by atoms with van der Waals surface area (Å²) in [5.41, 5.74) is 0.967. The molecule has 2 aromatic rings. The molecule has 0 atom stereocenters. The predicted octanol–water partition coefficient (Wildman–Crippen LogP) is 1.38. The Morgan fingerprint density at radius 1 is 1.19 bits per heavy atom. The van der Waals surface area contributed by atoms with E-state index in [1.165, 1.54) is 15.6 Å². The summed E-state index contributed by atoms with van der Waals surface area (Å²) in [5, 5.41) is 4.65. The molecule has 9 heteroatoms. The molecule has 1 aromatic heterocycles. The first-order valence-corrected chi connectivity index (χ1v) is 11.0. The zero-order valence-corrected chi connectivity index (χ0v) is 16.8. The van der Waals surface area contributed by atoms with Gasteiger partial charge >= 0.3 is 0 Å². The molecule has 7 nitrogen and oxygen atoms in total. The maximum atomic E-state index is 12.5. The maximum absolute atomic E-state index is 12.5. The van der Waals surface area contributed by atoms with Gasteiger partial charge < -0.3 is 10.1 Å². The van der Waals surface area contributed by atoms with E-state index >= 15 is 0 Å². The fourth-order valence-corrected chi connectivity index (χ4v) is 5.47. The second-order valence-electron chi connectivity index (χ2n) is 6.24. The lowest BCUT2D eigenvalue weighted by atomic mass is 10.2. The van der Waals surface area contributed by atoms with Crippen molar-refractivity contribution < 1.29 is 17.9 Å². The monoisotopic (exact) mass is 409 g/mol. The number of sulfonamides is 1. The molecule has 0 spiro atoms. The van der Waals surface area contributed by atoms with E-state index in [1.54, 1.807) is 24.6 Å². The molecule has 2 heterocycles. The SMILES string of the molecule is COc1cccc(CNC(=O)CN2CCN(S(=O)(=O)c3cccs3)CC2)c1. The molecule has 1 aliphatic heterocycles. The van der Waals surface area contributed by atoms with E-state index in [2.05, 4.69) is 5.32 Å². The van der Waals surface area contributed by atoms with Crippen molar-refractivity contribution in [3.8, 4) is 5.75 Å². The van der Waals surface area contributed by atoms with E-state index in [1.807, 2.05) is 29.2 Å². The molecule has 0 radical (unpaired) electrons. The summed E-state index contributed by atoms with van der Waals surface area (Å²) in [6, 6.07) is 10.9. The Morgan fingerprint density at radius 2 is 1.96 bits per heavy atom. The number of hydrogen-bond acceptors (Lipinski definition) is 6. The molecule has 1 amide bonds. The summed E-state index contributed by atoms with van der Waals surface area (Å²) in [6.45, 7) is 2.56. The first-order valence-electron chi connectivity index (χ1n) is 8.64. The average Bonchev–Trinajstić information content (AvgIpc) is 3.23. The standard InChI is InChI=1S/C18H23N3O4S2/c1-25-16-5-2-4-15(12-16)13-19-17(22)14-20-7-9-21(10-8-20)27(23,24)18-6-3-11-26-18/h2-6,11-12H,7-10,13-14H2,1H3,(H,19,22). The van der Waals surface area contributed by atoms with Crippen LogP contribution in [0.2, 0.25) is 0 Å². The fourth-order valence-electron chi connectivity index (χ4n) is 2.91. The largest absolute Gasteiger partial charge is 0.497 e. The summed E-state index contributed by atoms with van der Waals surface area (Å²) < 4.78 is 32.1. The van der Waals surface area contributed by atoms with Crippen molar-refractivity contribution in [2.45, 2.75) is 10.8 Å². The van der Waals surface area contributed by atoms with E-state index in [9.17, 15) is 13.2 Å². The van der Waals surface area contributed by atoms with Crippen molar-refractivity contribution in [2.24, 2.45) is 0 Å². The Hall–Kier alpha value is -1.94. The van der Waals surface area contributed by atoms with Gasteiger partial charge in [0, 0.05) is 32.7 Å². The number of piperazine rings is 1. The zero-order valence-electron chi connectivity index (χ0n) is 15.1. The third-order valence-electron chi connectivity index (χ3n) is 4.41. The molecule has 1 saturated heterocycles. The summed E-state index contributed by atoms with van der Waals surface area (Å²) >= 11 is 1.23.